The van der Waals surface area contributed by atoms with E-state index in [0.29, 0.717) is 22.8 Å². The second-order valence-electron chi connectivity index (χ2n) is 6.98. The Kier molecular flexibility index (Phi) is 3.09. The molecule has 0 heterocycles. The third-order valence-electron chi connectivity index (χ3n) is 5.76. The van der Waals surface area contributed by atoms with Gasteiger partial charge >= 0.3 is 0 Å². The Morgan fingerprint density at radius 2 is 1.61 bits per heavy atom. The molecule has 0 bridgehead atoms. The minimum Gasteiger partial charge on any atom is -0.313 e. The fraction of sp³-hybridized carbons (Fsp3) is 0.647. The summed E-state index contributed by atoms with van der Waals surface area (Å²) in [5.41, 5.74) is 5.13. The molecule has 2 rings (SSSR count). The second kappa shape index (κ2) is 4.09. The van der Waals surface area contributed by atoms with Crippen molar-refractivity contribution in [3.05, 3.63) is 34.9 Å². The van der Waals surface area contributed by atoms with Gasteiger partial charge in [-0.1, -0.05) is 45.9 Å². The lowest BCUT2D eigenvalue weighted by atomic mass is 9.91. The molecule has 0 saturated heterocycles. The van der Waals surface area contributed by atoms with Crippen molar-refractivity contribution in [3.63, 3.8) is 0 Å². The van der Waals surface area contributed by atoms with Crippen molar-refractivity contribution < 1.29 is 0 Å². The monoisotopic (exact) mass is 245 g/mol. The van der Waals surface area contributed by atoms with E-state index in [2.05, 4.69) is 72.1 Å². The summed E-state index contributed by atoms with van der Waals surface area (Å²) in [6.07, 6.45) is 0. The highest BCUT2D eigenvalue weighted by Gasteiger charge is 2.67. The zero-order valence-electron chi connectivity index (χ0n) is 12.9. The average Bonchev–Trinajstić information content (AvgIpc) is 2.68. The molecule has 0 aliphatic heterocycles. The number of nitrogens with one attached hydrogen (secondary N) is 1. The Morgan fingerprint density at radius 1 is 1.06 bits per heavy atom. The quantitative estimate of drug-likeness (QED) is 0.839. The lowest BCUT2D eigenvalue weighted by Crippen LogP contribution is -2.22. The maximum absolute atomic E-state index is 3.56. The maximum atomic E-state index is 3.56. The first-order valence-electron chi connectivity index (χ1n) is 6.98. The molecule has 0 radical (unpaired) electrons. The molecule has 0 amide bonds. The molecule has 1 saturated carbocycles. The first kappa shape index (κ1) is 13.6. The second-order valence-corrected chi connectivity index (χ2v) is 6.98. The van der Waals surface area contributed by atoms with Crippen LogP contribution < -0.4 is 5.32 Å². The van der Waals surface area contributed by atoms with Crippen molar-refractivity contribution in [1.29, 1.82) is 0 Å². The summed E-state index contributed by atoms with van der Waals surface area (Å²) < 4.78 is 0. The Morgan fingerprint density at radius 3 is 2.06 bits per heavy atom. The van der Waals surface area contributed by atoms with Crippen molar-refractivity contribution in [1.82, 2.24) is 5.32 Å². The molecule has 100 valence electrons. The standard InChI is InChI=1S/C17H27N/c1-11-9-8-10-13(12(11)2)14(18-7)15-16(3,4)17(15,5)6/h8-10,14-15,18H,1-7H3. The highest BCUT2D eigenvalue weighted by atomic mass is 14.9. The van der Waals surface area contributed by atoms with Gasteiger partial charge in [-0.05, 0) is 54.3 Å². The smallest absolute Gasteiger partial charge is 0.0359 e. The Hall–Kier alpha value is -0.820. The Bertz CT molecular complexity index is 443. The molecule has 1 aromatic carbocycles. The topological polar surface area (TPSA) is 12.0 Å². The molecule has 18 heavy (non-hydrogen) atoms. The normalized spacial score (nSPS) is 22.8. The van der Waals surface area contributed by atoms with E-state index in [-0.39, 0.29) is 0 Å². The Balaban J connectivity index is 2.40. The highest BCUT2D eigenvalue weighted by molar-refractivity contribution is 5.38. The summed E-state index contributed by atoms with van der Waals surface area (Å²) in [5, 5.41) is 3.56. The number of hydrogen-bond acceptors (Lipinski definition) is 1. The highest BCUT2D eigenvalue weighted by Crippen LogP contribution is 2.72. The SMILES string of the molecule is CNC(c1cccc(C)c1C)C1C(C)(C)C1(C)C. The summed E-state index contributed by atoms with van der Waals surface area (Å²) >= 11 is 0. The molecule has 1 N–H and O–H groups in total. The van der Waals surface area contributed by atoms with E-state index in [1.807, 2.05) is 0 Å². The number of hydrogen-bond donors (Lipinski definition) is 1. The van der Waals surface area contributed by atoms with Gasteiger partial charge < -0.3 is 5.32 Å². The maximum Gasteiger partial charge on any atom is 0.0359 e. The summed E-state index contributed by atoms with van der Waals surface area (Å²) in [5.74, 6) is 0.704. The predicted octanol–water partition coefficient (Wildman–Crippen LogP) is 4.25. The molecule has 1 unspecified atom stereocenters. The van der Waals surface area contributed by atoms with Gasteiger partial charge in [-0.15, -0.1) is 0 Å². The lowest BCUT2D eigenvalue weighted by Gasteiger charge is -2.22. The van der Waals surface area contributed by atoms with Gasteiger partial charge in [0.25, 0.3) is 0 Å². The number of rotatable bonds is 3. The molecule has 0 spiro atoms. The molecule has 1 aliphatic carbocycles. The van der Waals surface area contributed by atoms with Crippen LogP contribution in [0.1, 0.15) is 50.4 Å². The van der Waals surface area contributed by atoms with Gasteiger partial charge in [-0.3, -0.25) is 0 Å². The van der Waals surface area contributed by atoms with Crippen molar-refractivity contribution in [2.75, 3.05) is 7.05 Å². The zero-order valence-corrected chi connectivity index (χ0v) is 12.9. The van der Waals surface area contributed by atoms with Crippen molar-refractivity contribution in [2.24, 2.45) is 16.7 Å². The Labute approximate surface area is 112 Å². The third-order valence-corrected chi connectivity index (χ3v) is 5.76. The summed E-state index contributed by atoms with van der Waals surface area (Å²) in [6, 6.07) is 7.14. The van der Waals surface area contributed by atoms with Crippen LogP contribution in [0.4, 0.5) is 0 Å². The first-order chi connectivity index (χ1) is 8.25. The largest absolute Gasteiger partial charge is 0.313 e. The molecular weight excluding hydrogens is 218 g/mol. The minimum absolute atomic E-state index is 0.414. The van der Waals surface area contributed by atoms with Crippen LogP contribution in [-0.2, 0) is 0 Å². The van der Waals surface area contributed by atoms with Crippen LogP contribution in [0.5, 0.6) is 0 Å². The van der Waals surface area contributed by atoms with Crippen LogP contribution in [0.25, 0.3) is 0 Å². The first-order valence-corrected chi connectivity index (χ1v) is 6.98. The van der Waals surface area contributed by atoms with Gasteiger partial charge in [0.05, 0.1) is 0 Å². The third kappa shape index (κ3) is 1.72. The van der Waals surface area contributed by atoms with E-state index in [4.69, 9.17) is 0 Å². The number of aryl methyl sites for hydroxylation is 1. The predicted molar refractivity (Wildman–Crippen MR) is 78.8 cm³/mol. The van der Waals surface area contributed by atoms with E-state index < -0.39 is 0 Å². The molecule has 1 aromatic rings. The van der Waals surface area contributed by atoms with Crippen molar-refractivity contribution in [3.8, 4) is 0 Å². The van der Waals surface area contributed by atoms with Crippen LogP contribution in [-0.4, -0.2) is 7.05 Å². The molecular formula is C17H27N. The zero-order chi connectivity index (χ0) is 13.7. The molecule has 0 aromatic heterocycles. The summed E-state index contributed by atoms with van der Waals surface area (Å²) in [4.78, 5) is 0. The van der Waals surface area contributed by atoms with Crippen LogP contribution in [0.2, 0.25) is 0 Å². The fourth-order valence-electron chi connectivity index (χ4n) is 3.69. The molecule has 1 atom stereocenters. The van der Waals surface area contributed by atoms with E-state index >= 15 is 0 Å². The number of benzene rings is 1. The van der Waals surface area contributed by atoms with Crippen LogP contribution >= 0.6 is 0 Å². The van der Waals surface area contributed by atoms with E-state index in [1.54, 1.807) is 0 Å². The van der Waals surface area contributed by atoms with Crippen LogP contribution in [0.15, 0.2) is 18.2 Å². The summed E-state index contributed by atoms with van der Waals surface area (Å²) in [6.45, 7) is 14.0. The fourth-order valence-corrected chi connectivity index (χ4v) is 3.69. The van der Waals surface area contributed by atoms with Crippen LogP contribution in [0, 0.1) is 30.6 Å². The van der Waals surface area contributed by atoms with Gasteiger partial charge in [0.1, 0.15) is 0 Å². The van der Waals surface area contributed by atoms with Crippen LogP contribution in [0.3, 0.4) is 0 Å². The van der Waals surface area contributed by atoms with Gasteiger partial charge in [-0.25, -0.2) is 0 Å². The van der Waals surface area contributed by atoms with E-state index in [1.165, 1.54) is 16.7 Å². The van der Waals surface area contributed by atoms with Gasteiger partial charge in [0.2, 0.25) is 0 Å². The lowest BCUT2D eigenvalue weighted by molar-refractivity contribution is 0.436. The molecule has 1 nitrogen and oxygen atoms in total. The minimum atomic E-state index is 0.414. The van der Waals surface area contributed by atoms with Gasteiger partial charge in [-0.2, -0.15) is 0 Å². The van der Waals surface area contributed by atoms with Gasteiger partial charge in [0.15, 0.2) is 0 Å². The summed E-state index contributed by atoms with van der Waals surface area (Å²) in [7, 11) is 2.09. The van der Waals surface area contributed by atoms with Gasteiger partial charge in [0, 0.05) is 6.04 Å². The van der Waals surface area contributed by atoms with E-state index in [0.717, 1.165) is 0 Å². The van der Waals surface area contributed by atoms with E-state index in [9.17, 15) is 0 Å². The molecule has 1 aliphatic rings. The average molecular weight is 245 g/mol. The molecule has 1 fully saturated rings. The van der Waals surface area contributed by atoms with Crippen molar-refractivity contribution in [2.45, 2.75) is 47.6 Å². The molecule has 1 heteroatoms. The van der Waals surface area contributed by atoms with Crippen molar-refractivity contribution >= 4 is 0 Å².